The molecule has 0 saturated heterocycles. The van der Waals surface area contributed by atoms with E-state index in [2.05, 4.69) is 143 Å². The number of fused-ring (bicyclic) bond motifs is 9. The fourth-order valence-electron chi connectivity index (χ4n) is 9.46. The number of para-hydroxylation sites is 2. The van der Waals surface area contributed by atoms with E-state index in [0.29, 0.717) is 11.8 Å². The molecule has 5 nitrogen and oxygen atoms in total. The van der Waals surface area contributed by atoms with Crippen LogP contribution in [0.5, 0.6) is 11.6 Å². The van der Waals surface area contributed by atoms with Crippen molar-refractivity contribution in [3.8, 4) is 34.5 Å². The minimum atomic E-state index is -0.642. The molecule has 4 aliphatic rings. The zero-order valence-electron chi connectivity index (χ0n) is 26.1. The zero-order chi connectivity index (χ0) is 30.4. The predicted molar refractivity (Wildman–Crippen MR) is 181 cm³/mol. The summed E-state index contributed by atoms with van der Waals surface area (Å²) >= 11 is 0. The van der Waals surface area contributed by atoms with Crippen molar-refractivity contribution in [2.75, 3.05) is 0 Å². The van der Waals surface area contributed by atoms with Gasteiger partial charge in [0.05, 0.1) is 22.8 Å². The lowest BCUT2D eigenvalue weighted by Gasteiger charge is -2.37. The summed E-state index contributed by atoms with van der Waals surface area (Å²) in [7, 11) is 0. The smallest absolute Gasteiger partial charge is 0.378 e. The van der Waals surface area contributed by atoms with Crippen LogP contribution in [-0.4, -0.2) is 9.13 Å². The first-order valence-corrected chi connectivity index (χ1v) is 16.5. The average Bonchev–Trinajstić information content (AvgIpc) is 3.69. The molecule has 0 saturated carbocycles. The molecule has 1 unspecified atom stereocenters. The molecule has 1 spiro atoms. The first kappa shape index (κ1) is 23.9. The first-order chi connectivity index (χ1) is 22.5. The molecular weight excluding hydrogens is 564 g/mol. The van der Waals surface area contributed by atoms with E-state index >= 15 is 0 Å². The summed E-state index contributed by atoms with van der Waals surface area (Å²) in [6.07, 6.45) is 0. The van der Waals surface area contributed by atoms with Crippen LogP contribution in [0.2, 0.25) is 0 Å². The van der Waals surface area contributed by atoms with E-state index in [1.165, 1.54) is 88.8 Å². The number of pyridine rings is 2. The molecule has 4 aromatic heterocycles. The molecule has 1 atom stereocenters. The van der Waals surface area contributed by atoms with E-state index in [4.69, 9.17) is 4.74 Å². The van der Waals surface area contributed by atoms with Gasteiger partial charge in [0, 0.05) is 33.7 Å². The second-order valence-electron chi connectivity index (χ2n) is 14.2. The third-order valence-corrected chi connectivity index (χ3v) is 11.3. The number of rotatable bonds is 2. The Morgan fingerprint density at radius 3 is 1.93 bits per heavy atom. The molecule has 0 amide bonds. The van der Waals surface area contributed by atoms with Crippen molar-refractivity contribution in [1.29, 1.82) is 0 Å². The highest BCUT2D eigenvalue weighted by atomic mass is 16.5. The molecule has 46 heavy (non-hydrogen) atoms. The van der Waals surface area contributed by atoms with E-state index in [9.17, 15) is 0 Å². The number of ether oxygens (including phenoxy) is 1. The van der Waals surface area contributed by atoms with Gasteiger partial charge in [-0.05, 0) is 65.4 Å². The van der Waals surface area contributed by atoms with Gasteiger partial charge in [-0.3, -0.25) is 0 Å². The third-order valence-electron chi connectivity index (χ3n) is 11.3. The summed E-state index contributed by atoms with van der Waals surface area (Å²) in [5.41, 5.74) is 13.3. The number of hydrogen-bond donors (Lipinski definition) is 0. The van der Waals surface area contributed by atoms with Crippen molar-refractivity contribution in [2.45, 2.75) is 45.2 Å². The molecular formula is C41H30N4O+2. The highest BCUT2D eigenvalue weighted by molar-refractivity contribution is 6.22. The number of hydrogen-bond acceptors (Lipinski definition) is 1. The maximum absolute atomic E-state index is 7.03. The molecule has 12 rings (SSSR count). The molecule has 0 aliphatic carbocycles. The summed E-state index contributed by atoms with van der Waals surface area (Å²) in [5.74, 6) is 3.79. The topological polar surface area (TPSA) is 26.8 Å². The lowest BCUT2D eigenvalue weighted by Crippen LogP contribution is -2.75. The Balaban J connectivity index is 1.47. The van der Waals surface area contributed by atoms with Crippen LogP contribution in [0.1, 0.15) is 61.8 Å². The van der Waals surface area contributed by atoms with Crippen molar-refractivity contribution in [1.82, 2.24) is 9.13 Å². The van der Waals surface area contributed by atoms with Gasteiger partial charge in [0.1, 0.15) is 16.6 Å². The second-order valence-corrected chi connectivity index (χ2v) is 14.2. The number of nitrogens with zero attached hydrogens (tertiary/aromatic N) is 4. The maximum Gasteiger partial charge on any atom is 0.378 e. The molecule has 0 radical (unpaired) electrons. The van der Waals surface area contributed by atoms with Crippen molar-refractivity contribution in [3.63, 3.8) is 0 Å². The number of benzene rings is 4. The quantitative estimate of drug-likeness (QED) is 0.184. The molecule has 0 fully saturated rings. The highest BCUT2D eigenvalue weighted by Gasteiger charge is 2.71. The van der Waals surface area contributed by atoms with Crippen LogP contribution in [0.25, 0.3) is 66.5 Å². The summed E-state index contributed by atoms with van der Waals surface area (Å²) in [5, 5.41) is 5.18. The average molecular weight is 595 g/mol. The van der Waals surface area contributed by atoms with Crippen LogP contribution in [-0.2, 0) is 5.66 Å². The summed E-state index contributed by atoms with van der Waals surface area (Å²) in [6, 6.07) is 36.7. The van der Waals surface area contributed by atoms with E-state index in [1.807, 2.05) is 0 Å². The van der Waals surface area contributed by atoms with Gasteiger partial charge >= 0.3 is 11.5 Å². The van der Waals surface area contributed by atoms with Gasteiger partial charge in [-0.1, -0.05) is 64.1 Å². The molecule has 4 aliphatic heterocycles. The number of aromatic nitrogens is 4. The Hall–Kier alpha value is -5.42. The van der Waals surface area contributed by atoms with E-state index in [0.717, 1.165) is 11.6 Å². The molecule has 0 bridgehead atoms. The van der Waals surface area contributed by atoms with Gasteiger partial charge in [-0.15, -0.1) is 9.13 Å². The standard InChI is InChI=1S/C41H30N4O/c1-21(2)23-16-32-33-17-24(22(3)4)19-36-45(33)41-37-31(14-9-15-34(37)46-36)42-29-12-7-5-10-25(29)27-20-28-26-11-6-8-13-30(26)43(35(18-23)44(32)41)40(28)38(41)39(27)42/h5-22H,1-4H3/q+2. The Morgan fingerprint density at radius 1 is 0.587 bits per heavy atom. The second kappa shape index (κ2) is 7.34. The monoisotopic (exact) mass is 594 g/mol. The lowest BCUT2D eigenvalue weighted by atomic mass is 9.81. The summed E-state index contributed by atoms with van der Waals surface area (Å²) in [6.45, 7) is 9.18. The normalized spacial score (nSPS) is 17.3. The minimum absolute atomic E-state index is 0.364. The van der Waals surface area contributed by atoms with Crippen molar-refractivity contribution < 1.29 is 13.9 Å². The van der Waals surface area contributed by atoms with Gasteiger partial charge in [-0.25, -0.2) is 0 Å². The first-order valence-electron chi connectivity index (χ1n) is 16.5. The lowest BCUT2D eigenvalue weighted by molar-refractivity contribution is -0.938. The molecule has 8 heterocycles. The van der Waals surface area contributed by atoms with E-state index in [-0.39, 0.29) is 0 Å². The Bertz CT molecular complexity index is 2800. The van der Waals surface area contributed by atoms with Gasteiger partial charge < -0.3 is 9.30 Å². The summed E-state index contributed by atoms with van der Waals surface area (Å²) < 4.78 is 17.3. The summed E-state index contributed by atoms with van der Waals surface area (Å²) in [4.78, 5) is 0. The molecule has 5 heteroatoms. The molecule has 0 N–H and O–H groups in total. The van der Waals surface area contributed by atoms with Gasteiger partial charge in [0.15, 0.2) is 11.3 Å². The van der Waals surface area contributed by atoms with Crippen LogP contribution in [0.3, 0.4) is 0 Å². The molecule has 4 aromatic carbocycles. The SMILES string of the molecule is CC(C)c1cc2[n+]3c(c1)-c1cc(C(C)C)cc4[n+]1C31c3c(cccc3-n3c5ccccc5c5cc6c7ccccc7n-4c6c1c53)O2. The minimum Gasteiger partial charge on any atom is -0.404 e. The largest absolute Gasteiger partial charge is 0.404 e. The third kappa shape index (κ3) is 2.28. The maximum atomic E-state index is 7.03. The predicted octanol–water partition coefficient (Wildman–Crippen LogP) is 8.71. The van der Waals surface area contributed by atoms with Crippen molar-refractivity contribution in [3.05, 3.63) is 119 Å². The van der Waals surface area contributed by atoms with Crippen LogP contribution < -0.4 is 13.9 Å². The Kier molecular flexibility index (Phi) is 3.81. The van der Waals surface area contributed by atoms with Gasteiger partial charge in [0.25, 0.3) is 11.5 Å². The van der Waals surface area contributed by atoms with Crippen LogP contribution in [0, 0.1) is 0 Å². The van der Waals surface area contributed by atoms with Crippen LogP contribution in [0.4, 0.5) is 0 Å². The van der Waals surface area contributed by atoms with Crippen LogP contribution >= 0.6 is 0 Å². The molecule has 218 valence electrons. The van der Waals surface area contributed by atoms with Crippen molar-refractivity contribution >= 4 is 43.6 Å². The van der Waals surface area contributed by atoms with Gasteiger partial charge in [0.2, 0.25) is 5.69 Å². The molecule has 8 aromatic rings. The Morgan fingerprint density at radius 2 is 1.22 bits per heavy atom. The highest BCUT2D eigenvalue weighted by Crippen LogP contribution is 2.58. The van der Waals surface area contributed by atoms with E-state index < -0.39 is 5.66 Å². The van der Waals surface area contributed by atoms with E-state index in [1.54, 1.807) is 0 Å². The Labute approximate surface area is 265 Å². The fraction of sp³-hybridized carbons (Fsp3) is 0.171. The van der Waals surface area contributed by atoms with Gasteiger partial charge in [-0.2, -0.15) is 4.57 Å². The zero-order valence-corrected chi connectivity index (χ0v) is 26.1. The van der Waals surface area contributed by atoms with Crippen LogP contribution in [0.15, 0.2) is 97.1 Å². The van der Waals surface area contributed by atoms with Crippen molar-refractivity contribution in [2.24, 2.45) is 0 Å². The fourth-order valence-corrected chi connectivity index (χ4v) is 9.46.